The summed E-state index contributed by atoms with van der Waals surface area (Å²) in [5.74, 6) is 0.00667. The molecule has 0 saturated heterocycles. The largest absolute Gasteiger partial charge is 0.484 e. The molecule has 0 spiro atoms. The number of halogens is 1. The van der Waals surface area contributed by atoms with Crippen molar-refractivity contribution in [3.05, 3.63) is 94.0 Å². The number of nitrogens with one attached hydrogen (secondary N) is 2. The van der Waals surface area contributed by atoms with Crippen molar-refractivity contribution in [1.29, 1.82) is 0 Å². The molecule has 0 aliphatic heterocycles. The lowest BCUT2D eigenvalue weighted by atomic mass is 10.1. The number of aryl methyl sites for hydroxylation is 1. The van der Waals surface area contributed by atoms with Crippen LogP contribution < -0.4 is 15.4 Å². The Morgan fingerprint density at radius 1 is 1.00 bits per heavy atom. The Morgan fingerprint density at radius 2 is 1.70 bits per heavy atom. The van der Waals surface area contributed by atoms with Crippen LogP contribution in [0.3, 0.4) is 0 Å². The number of amides is 2. The average molecular weight is 467 g/mol. The number of hydrogen-bond acceptors (Lipinski definition) is 3. The van der Waals surface area contributed by atoms with E-state index in [1.165, 1.54) is 0 Å². The lowest BCUT2D eigenvalue weighted by Crippen LogP contribution is -2.28. The summed E-state index contributed by atoms with van der Waals surface area (Å²) in [6.07, 6.45) is 0. The number of benzene rings is 3. The van der Waals surface area contributed by atoms with Gasteiger partial charge in [0.1, 0.15) is 5.75 Å². The third-order valence-corrected chi connectivity index (χ3v) is 5.48. The van der Waals surface area contributed by atoms with Gasteiger partial charge in [-0.1, -0.05) is 58.4 Å². The predicted molar refractivity (Wildman–Crippen MR) is 122 cm³/mol. The number of carbonyl (C=O) groups is 2. The van der Waals surface area contributed by atoms with E-state index in [0.717, 1.165) is 15.6 Å². The Balaban J connectivity index is 1.63. The van der Waals surface area contributed by atoms with Gasteiger partial charge in [0, 0.05) is 4.47 Å². The van der Waals surface area contributed by atoms with Gasteiger partial charge in [-0.25, -0.2) is 0 Å². The van der Waals surface area contributed by atoms with Crippen molar-refractivity contribution in [2.24, 2.45) is 0 Å². The molecule has 6 heteroatoms. The molecular weight excluding hydrogens is 444 g/mol. The number of ether oxygens (including phenoxy) is 1. The summed E-state index contributed by atoms with van der Waals surface area (Å²) in [6.45, 7) is 3.71. The second kappa shape index (κ2) is 10.1. The summed E-state index contributed by atoms with van der Waals surface area (Å²) < 4.78 is 6.54. The van der Waals surface area contributed by atoms with E-state index < -0.39 is 0 Å². The fraction of sp³-hybridized carbons (Fsp3) is 0.167. The van der Waals surface area contributed by atoms with Crippen molar-refractivity contribution < 1.29 is 14.3 Å². The highest BCUT2D eigenvalue weighted by atomic mass is 79.9. The molecule has 2 amide bonds. The van der Waals surface area contributed by atoms with Crippen LogP contribution in [0.25, 0.3) is 0 Å². The highest BCUT2D eigenvalue weighted by Gasteiger charge is 2.16. The second-order valence-corrected chi connectivity index (χ2v) is 7.75. The molecule has 3 rings (SSSR count). The number of para-hydroxylation sites is 1. The van der Waals surface area contributed by atoms with Crippen LogP contribution in [0.2, 0.25) is 0 Å². The fourth-order valence-corrected chi connectivity index (χ4v) is 3.18. The minimum atomic E-state index is -0.341. The van der Waals surface area contributed by atoms with Gasteiger partial charge in [-0.3, -0.25) is 9.59 Å². The maximum absolute atomic E-state index is 12.8. The maximum Gasteiger partial charge on any atom is 0.262 e. The monoisotopic (exact) mass is 466 g/mol. The van der Waals surface area contributed by atoms with Gasteiger partial charge in [-0.15, -0.1) is 0 Å². The smallest absolute Gasteiger partial charge is 0.262 e. The molecule has 3 aromatic carbocycles. The SMILES string of the molecule is Cc1cc(OCC(=O)Nc2ccccc2C(=O)NC(C)c2ccccc2)ccc1Br. The van der Waals surface area contributed by atoms with Gasteiger partial charge in [0.25, 0.3) is 11.8 Å². The number of hydrogen-bond donors (Lipinski definition) is 2. The highest BCUT2D eigenvalue weighted by Crippen LogP contribution is 2.22. The molecular formula is C24H23BrN2O3. The van der Waals surface area contributed by atoms with E-state index in [0.29, 0.717) is 17.0 Å². The summed E-state index contributed by atoms with van der Waals surface area (Å²) >= 11 is 3.43. The van der Waals surface area contributed by atoms with Crippen molar-refractivity contribution >= 4 is 33.4 Å². The summed E-state index contributed by atoms with van der Waals surface area (Å²) in [5, 5.41) is 5.74. The number of anilines is 1. The van der Waals surface area contributed by atoms with Crippen molar-refractivity contribution in [2.75, 3.05) is 11.9 Å². The fourth-order valence-electron chi connectivity index (χ4n) is 2.93. The average Bonchev–Trinajstić information content (AvgIpc) is 2.75. The third-order valence-electron chi connectivity index (χ3n) is 4.59. The molecule has 0 bridgehead atoms. The van der Waals surface area contributed by atoms with Crippen LogP contribution in [-0.4, -0.2) is 18.4 Å². The van der Waals surface area contributed by atoms with E-state index in [2.05, 4.69) is 26.6 Å². The molecule has 5 nitrogen and oxygen atoms in total. The first kappa shape index (κ1) is 21.6. The minimum absolute atomic E-state index is 0.155. The van der Waals surface area contributed by atoms with Gasteiger partial charge in [-0.2, -0.15) is 0 Å². The molecule has 30 heavy (non-hydrogen) atoms. The normalized spacial score (nSPS) is 11.4. The van der Waals surface area contributed by atoms with Gasteiger partial charge in [-0.05, 0) is 55.3 Å². The number of rotatable bonds is 7. The van der Waals surface area contributed by atoms with E-state index in [9.17, 15) is 9.59 Å². The maximum atomic E-state index is 12.8. The van der Waals surface area contributed by atoms with Crippen LogP contribution in [0.5, 0.6) is 5.75 Å². The van der Waals surface area contributed by atoms with Crippen LogP contribution >= 0.6 is 15.9 Å². The Labute approximate surface area is 184 Å². The van der Waals surface area contributed by atoms with E-state index in [4.69, 9.17) is 4.74 Å². The Bertz CT molecular complexity index is 1040. The molecule has 0 radical (unpaired) electrons. The standard InChI is InChI=1S/C24H23BrN2O3/c1-16-14-19(12-13-21(16)25)30-15-23(28)27-22-11-7-6-10-20(22)24(29)26-17(2)18-8-4-3-5-9-18/h3-14,17H,15H2,1-2H3,(H,26,29)(H,27,28). The Hall–Kier alpha value is -3.12. The summed E-state index contributed by atoms with van der Waals surface area (Å²) in [7, 11) is 0. The van der Waals surface area contributed by atoms with Crippen molar-refractivity contribution in [3.63, 3.8) is 0 Å². The number of carbonyl (C=O) groups excluding carboxylic acids is 2. The molecule has 1 atom stereocenters. The van der Waals surface area contributed by atoms with Crippen LogP contribution in [-0.2, 0) is 4.79 Å². The molecule has 3 aromatic rings. The topological polar surface area (TPSA) is 67.4 Å². The molecule has 0 heterocycles. The van der Waals surface area contributed by atoms with Gasteiger partial charge >= 0.3 is 0 Å². The van der Waals surface area contributed by atoms with Gasteiger partial charge in [0.05, 0.1) is 17.3 Å². The van der Waals surface area contributed by atoms with Gasteiger partial charge in [0.2, 0.25) is 0 Å². The van der Waals surface area contributed by atoms with E-state index in [1.807, 2.05) is 56.3 Å². The van der Waals surface area contributed by atoms with E-state index >= 15 is 0 Å². The highest BCUT2D eigenvalue weighted by molar-refractivity contribution is 9.10. The molecule has 154 valence electrons. The van der Waals surface area contributed by atoms with Crippen molar-refractivity contribution in [2.45, 2.75) is 19.9 Å². The summed E-state index contributed by atoms with van der Waals surface area (Å²) in [5.41, 5.74) is 2.86. The van der Waals surface area contributed by atoms with Crippen LogP contribution in [0.15, 0.2) is 77.3 Å². The van der Waals surface area contributed by atoms with Crippen LogP contribution in [0, 0.1) is 6.92 Å². The quantitative estimate of drug-likeness (QED) is 0.498. The molecule has 2 N–H and O–H groups in total. The Kier molecular flexibility index (Phi) is 7.25. The van der Waals surface area contributed by atoms with E-state index in [1.54, 1.807) is 30.3 Å². The molecule has 0 saturated carbocycles. The third kappa shape index (κ3) is 5.70. The van der Waals surface area contributed by atoms with Crippen LogP contribution in [0.4, 0.5) is 5.69 Å². The predicted octanol–water partition coefficient (Wildman–Crippen LogP) is 5.27. The Morgan fingerprint density at radius 3 is 2.43 bits per heavy atom. The zero-order valence-electron chi connectivity index (χ0n) is 16.8. The summed E-state index contributed by atoms with van der Waals surface area (Å²) in [4.78, 5) is 25.2. The lowest BCUT2D eigenvalue weighted by Gasteiger charge is -2.16. The first-order chi connectivity index (χ1) is 14.4. The molecule has 0 aromatic heterocycles. The molecule has 1 unspecified atom stereocenters. The second-order valence-electron chi connectivity index (χ2n) is 6.90. The van der Waals surface area contributed by atoms with Crippen molar-refractivity contribution in [1.82, 2.24) is 5.32 Å². The van der Waals surface area contributed by atoms with Crippen LogP contribution in [0.1, 0.15) is 34.5 Å². The van der Waals surface area contributed by atoms with Crippen molar-refractivity contribution in [3.8, 4) is 5.75 Å². The summed E-state index contributed by atoms with van der Waals surface area (Å²) in [6, 6.07) is 22.0. The van der Waals surface area contributed by atoms with Gasteiger partial charge in [0.15, 0.2) is 6.61 Å². The van der Waals surface area contributed by atoms with E-state index in [-0.39, 0.29) is 24.5 Å². The molecule has 0 fully saturated rings. The first-order valence-electron chi connectivity index (χ1n) is 9.57. The molecule has 0 aliphatic carbocycles. The minimum Gasteiger partial charge on any atom is -0.484 e. The molecule has 0 aliphatic rings. The van der Waals surface area contributed by atoms with Gasteiger partial charge < -0.3 is 15.4 Å². The zero-order chi connectivity index (χ0) is 21.5. The first-order valence-corrected chi connectivity index (χ1v) is 10.4. The zero-order valence-corrected chi connectivity index (χ0v) is 18.4. The lowest BCUT2D eigenvalue weighted by molar-refractivity contribution is -0.118.